The van der Waals surface area contributed by atoms with Gasteiger partial charge >= 0.3 is 0 Å². The third-order valence-corrected chi connectivity index (χ3v) is 4.23. The summed E-state index contributed by atoms with van der Waals surface area (Å²) in [6.45, 7) is 2.51. The topological polar surface area (TPSA) is 67.4 Å². The number of rotatable bonds is 5. The second kappa shape index (κ2) is 8.47. The summed E-state index contributed by atoms with van der Waals surface area (Å²) in [5.41, 5.74) is 1.13. The Morgan fingerprint density at radius 1 is 1.50 bits per heavy atom. The average Bonchev–Trinajstić information content (AvgIpc) is 3.18. The molecule has 2 N–H and O–H groups in total. The van der Waals surface area contributed by atoms with E-state index in [1.165, 1.54) is 0 Å². The standard InChI is InChI=1S/C14H19N5OS.HI/c1-15-13(17-9-12-3-2-7-20-12)16-5-4-11-10-19-6-8-21-14(19)18-11;/h2-3,7,10H,4-6,8-9H2,1H3,(H2,15,16,17);1H. The summed E-state index contributed by atoms with van der Waals surface area (Å²) in [6.07, 6.45) is 4.71. The largest absolute Gasteiger partial charge is 0.467 e. The van der Waals surface area contributed by atoms with Crippen LogP contribution in [0, 0.1) is 0 Å². The number of nitrogens with one attached hydrogen (secondary N) is 2. The van der Waals surface area contributed by atoms with Crippen LogP contribution in [0.2, 0.25) is 0 Å². The highest BCUT2D eigenvalue weighted by molar-refractivity contribution is 14.0. The van der Waals surface area contributed by atoms with E-state index in [9.17, 15) is 0 Å². The molecule has 1 aliphatic rings. The third kappa shape index (κ3) is 4.42. The first-order valence-electron chi connectivity index (χ1n) is 7.01. The third-order valence-electron chi connectivity index (χ3n) is 3.26. The molecule has 0 radical (unpaired) electrons. The van der Waals surface area contributed by atoms with E-state index in [4.69, 9.17) is 4.42 Å². The number of halogens is 1. The van der Waals surface area contributed by atoms with Gasteiger partial charge in [0.25, 0.3) is 0 Å². The Morgan fingerprint density at radius 3 is 3.14 bits per heavy atom. The lowest BCUT2D eigenvalue weighted by Crippen LogP contribution is -2.37. The molecule has 0 saturated heterocycles. The Hall–Kier alpha value is -1.16. The van der Waals surface area contributed by atoms with Gasteiger partial charge in [-0.2, -0.15) is 0 Å². The quantitative estimate of drug-likeness (QED) is 0.430. The molecule has 0 aliphatic carbocycles. The SMILES string of the molecule is CN=C(NCCc1cn2c(n1)SCC2)NCc1ccco1.I. The van der Waals surface area contributed by atoms with Gasteiger partial charge in [-0.15, -0.1) is 24.0 Å². The molecule has 22 heavy (non-hydrogen) atoms. The zero-order valence-corrected chi connectivity index (χ0v) is 15.6. The number of hydrogen-bond donors (Lipinski definition) is 2. The van der Waals surface area contributed by atoms with Crippen molar-refractivity contribution >= 4 is 41.7 Å². The molecule has 0 amide bonds. The first kappa shape index (κ1) is 17.2. The molecule has 3 rings (SSSR count). The Balaban J connectivity index is 0.00000176. The Morgan fingerprint density at radius 2 is 2.41 bits per heavy atom. The van der Waals surface area contributed by atoms with Crippen LogP contribution >= 0.6 is 35.7 Å². The summed E-state index contributed by atoms with van der Waals surface area (Å²) in [6, 6.07) is 3.81. The van der Waals surface area contributed by atoms with Crippen LogP contribution in [0.3, 0.4) is 0 Å². The van der Waals surface area contributed by atoms with Crippen molar-refractivity contribution in [3.05, 3.63) is 36.0 Å². The van der Waals surface area contributed by atoms with Crippen LogP contribution in [0.5, 0.6) is 0 Å². The van der Waals surface area contributed by atoms with Crippen LogP contribution in [0.1, 0.15) is 11.5 Å². The summed E-state index contributed by atoms with van der Waals surface area (Å²) in [5, 5.41) is 7.64. The van der Waals surface area contributed by atoms with E-state index < -0.39 is 0 Å². The number of fused-ring (bicyclic) bond motifs is 1. The minimum Gasteiger partial charge on any atom is -0.467 e. The Bertz CT molecular complexity index is 589. The first-order valence-corrected chi connectivity index (χ1v) is 7.99. The van der Waals surface area contributed by atoms with Gasteiger partial charge in [-0.05, 0) is 12.1 Å². The highest BCUT2D eigenvalue weighted by Gasteiger charge is 2.13. The van der Waals surface area contributed by atoms with Gasteiger partial charge in [0.15, 0.2) is 11.1 Å². The molecule has 120 valence electrons. The van der Waals surface area contributed by atoms with Crippen LogP contribution in [0.15, 0.2) is 39.2 Å². The van der Waals surface area contributed by atoms with Gasteiger partial charge in [-0.25, -0.2) is 4.98 Å². The minimum absolute atomic E-state index is 0. The molecule has 0 aromatic carbocycles. The van der Waals surface area contributed by atoms with Crippen molar-refractivity contribution in [1.29, 1.82) is 0 Å². The van der Waals surface area contributed by atoms with E-state index >= 15 is 0 Å². The molecule has 8 heteroatoms. The van der Waals surface area contributed by atoms with E-state index in [1.807, 2.05) is 23.9 Å². The monoisotopic (exact) mass is 433 g/mol. The molecule has 0 atom stereocenters. The molecule has 1 aliphatic heterocycles. The predicted molar refractivity (Wildman–Crippen MR) is 99.0 cm³/mol. The molecular weight excluding hydrogens is 413 g/mol. The Labute approximate surface area is 151 Å². The van der Waals surface area contributed by atoms with Gasteiger partial charge in [0.2, 0.25) is 0 Å². The van der Waals surface area contributed by atoms with Gasteiger partial charge in [-0.1, -0.05) is 11.8 Å². The molecule has 0 unspecified atom stereocenters. The molecule has 0 fully saturated rings. The van der Waals surface area contributed by atoms with Gasteiger partial charge in [0, 0.05) is 38.5 Å². The molecule has 2 aromatic heterocycles. The van der Waals surface area contributed by atoms with E-state index in [1.54, 1.807) is 13.3 Å². The molecule has 2 aromatic rings. The first-order chi connectivity index (χ1) is 10.3. The van der Waals surface area contributed by atoms with Gasteiger partial charge < -0.3 is 19.6 Å². The van der Waals surface area contributed by atoms with E-state index in [0.717, 1.165) is 47.8 Å². The highest BCUT2D eigenvalue weighted by atomic mass is 127. The number of imidazole rings is 1. The van der Waals surface area contributed by atoms with Crippen LogP contribution in [-0.2, 0) is 19.5 Å². The summed E-state index contributed by atoms with van der Waals surface area (Å²) in [5.74, 6) is 2.80. The lowest BCUT2D eigenvalue weighted by Gasteiger charge is -2.10. The molecule has 0 bridgehead atoms. The number of aryl methyl sites for hydroxylation is 1. The zero-order valence-electron chi connectivity index (χ0n) is 12.4. The lowest BCUT2D eigenvalue weighted by atomic mass is 10.3. The summed E-state index contributed by atoms with van der Waals surface area (Å²) >= 11 is 1.82. The molecule has 3 heterocycles. The van der Waals surface area contributed by atoms with Gasteiger partial charge in [-0.3, -0.25) is 4.99 Å². The fourth-order valence-electron chi connectivity index (χ4n) is 2.20. The predicted octanol–water partition coefficient (Wildman–Crippen LogP) is 2.11. The summed E-state index contributed by atoms with van der Waals surface area (Å²) in [7, 11) is 1.76. The van der Waals surface area contributed by atoms with Crippen LogP contribution in [-0.4, -0.2) is 34.9 Å². The van der Waals surface area contributed by atoms with Crippen molar-refractivity contribution in [2.24, 2.45) is 4.99 Å². The smallest absolute Gasteiger partial charge is 0.191 e. The van der Waals surface area contributed by atoms with Gasteiger partial charge in [0.1, 0.15) is 5.76 Å². The van der Waals surface area contributed by atoms with Crippen molar-refractivity contribution in [3.8, 4) is 0 Å². The number of hydrogen-bond acceptors (Lipinski definition) is 4. The van der Waals surface area contributed by atoms with Crippen molar-refractivity contribution in [1.82, 2.24) is 20.2 Å². The molecular formula is C14H20IN5OS. The van der Waals surface area contributed by atoms with Crippen LogP contribution < -0.4 is 10.6 Å². The lowest BCUT2D eigenvalue weighted by molar-refractivity contribution is 0.501. The normalized spacial score (nSPS) is 13.6. The molecule has 6 nitrogen and oxygen atoms in total. The van der Waals surface area contributed by atoms with Crippen LogP contribution in [0.4, 0.5) is 0 Å². The number of aromatic nitrogens is 2. The summed E-state index contributed by atoms with van der Waals surface area (Å²) < 4.78 is 7.50. The number of nitrogens with zero attached hydrogens (tertiary/aromatic N) is 3. The van der Waals surface area contributed by atoms with Gasteiger partial charge in [0.05, 0.1) is 18.5 Å². The molecule has 0 spiro atoms. The average molecular weight is 433 g/mol. The zero-order chi connectivity index (χ0) is 14.5. The van der Waals surface area contributed by atoms with Crippen molar-refractivity contribution < 1.29 is 4.42 Å². The van der Waals surface area contributed by atoms with Crippen LogP contribution in [0.25, 0.3) is 0 Å². The fraction of sp³-hybridized carbons (Fsp3) is 0.429. The Kier molecular flexibility index (Phi) is 6.62. The maximum Gasteiger partial charge on any atom is 0.191 e. The van der Waals surface area contributed by atoms with Crippen molar-refractivity contribution in [2.45, 2.75) is 24.7 Å². The van der Waals surface area contributed by atoms with E-state index in [2.05, 4.69) is 31.4 Å². The number of thioether (sulfide) groups is 1. The minimum atomic E-state index is 0. The maximum atomic E-state index is 5.28. The summed E-state index contributed by atoms with van der Waals surface area (Å²) in [4.78, 5) is 8.80. The fourth-order valence-corrected chi connectivity index (χ4v) is 3.16. The van der Waals surface area contributed by atoms with Crippen molar-refractivity contribution in [3.63, 3.8) is 0 Å². The van der Waals surface area contributed by atoms with E-state index in [0.29, 0.717) is 6.54 Å². The number of aliphatic imine (C=N–C) groups is 1. The number of furan rings is 1. The molecule has 0 saturated carbocycles. The number of guanidine groups is 1. The van der Waals surface area contributed by atoms with E-state index in [-0.39, 0.29) is 24.0 Å². The second-order valence-electron chi connectivity index (χ2n) is 4.74. The van der Waals surface area contributed by atoms with Crippen molar-refractivity contribution in [2.75, 3.05) is 19.3 Å². The maximum absolute atomic E-state index is 5.28. The highest BCUT2D eigenvalue weighted by Crippen LogP contribution is 2.24. The second-order valence-corrected chi connectivity index (χ2v) is 5.80.